The number of anilines is 1. The summed E-state index contributed by atoms with van der Waals surface area (Å²) in [7, 11) is -2.35. The molecule has 1 aromatic heterocycles. The molecule has 0 spiro atoms. The molecule has 0 aliphatic carbocycles. The molecule has 0 aliphatic rings. The number of methoxy groups -OCH3 is 1. The topological polar surface area (TPSA) is 81.4 Å². The van der Waals surface area contributed by atoms with Crippen LogP contribution in [0.25, 0.3) is 0 Å². The van der Waals surface area contributed by atoms with Crippen molar-refractivity contribution in [1.82, 2.24) is 5.16 Å². The van der Waals surface area contributed by atoms with Gasteiger partial charge in [0, 0.05) is 4.47 Å². The number of sulfonamides is 1. The van der Waals surface area contributed by atoms with Crippen LogP contribution in [-0.4, -0.2) is 20.7 Å². The van der Waals surface area contributed by atoms with Crippen molar-refractivity contribution in [1.29, 1.82) is 0 Å². The summed E-state index contributed by atoms with van der Waals surface area (Å²) in [5.41, 5.74) is 0.247. The second-order valence-corrected chi connectivity index (χ2v) is 5.88. The van der Waals surface area contributed by atoms with Gasteiger partial charge in [-0.05, 0) is 18.2 Å². The summed E-state index contributed by atoms with van der Waals surface area (Å²) in [5, 5.41) is 3.42. The van der Waals surface area contributed by atoms with Crippen LogP contribution in [0.15, 0.2) is 44.6 Å². The number of nitrogens with one attached hydrogen (secondary N) is 1. The summed E-state index contributed by atoms with van der Waals surface area (Å²) < 4.78 is 36.9. The lowest BCUT2D eigenvalue weighted by atomic mass is 10.3. The van der Waals surface area contributed by atoms with Crippen LogP contribution in [0.1, 0.15) is 0 Å². The van der Waals surface area contributed by atoms with E-state index in [1.165, 1.54) is 25.6 Å². The summed E-state index contributed by atoms with van der Waals surface area (Å²) in [6.07, 6.45) is 2.46. The van der Waals surface area contributed by atoms with Gasteiger partial charge in [-0.2, -0.15) is 0 Å². The Bertz CT molecular complexity index is 640. The number of hydrogen-bond donors (Lipinski definition) is 1. The van der Waals surface area contributed by atoms with Gasteiger partial charge in [-0.1, -0.05) is 21.1 Å². The lowest BCUT2D eigenvalue weighted by molar-refractivity contribution is 0.402. The van der Waals surface area contributed by atoms with Crippen molar-refractivity contribution in [3.8, 4) is 5.75 Å². The molecule has 96 valence electrons. The number of benzene rings is 1. The van der Waals surface area contributed by atoms with E-state index in [0.717, 1.165) is 0 Å². The second kappa shape index (κ2) is 4.99. The minimum atomic E-state index is -3.75. The van der Waals surface area contributed by atoms with Gasteiger partial charge in [-0.15, -0.1) is 0 Å². The molecular formula is C10H9BrN2O4S. The van der Waals surface area contributed by atoms with Gasteiger partial charge < -0.3 is 9.26 Å². The summed E-state index contributed by atoms with van der Waals surface area (Å²) in [6.45, 7) is 0. The first kappa shape index (κ1) is 12.9. The van der Waals surface area contributed by atoms with Gasteiger partial charge >= 0.3 is 0 Å². The third kappa shape index (κ3) is 2.65. The van der Waals surface area contributed by atoms with E-state index < -0.39 is 10.0 Å². The zero-order valence-corrected chi connectivity index (χ0v) is 11.7. The zero-order chi connectivity index (χ0) is 13.2. The van der Waals surface area contributed by atoms with Crippen LogP contribution in [0.4, 0.5) is 5.69 Å². The highest BCUT2D eigenvalue weighted by molar-refractivity contribution is 9.10. The molecular weight excluding hydrogens is 324 g/mol. The molecule has 1 aromatic carbocycles. The molecule has 0 unspecified atom stereocenters. The fourth-order valence-corrected chi connectivity index (χ4v) is 3.06. The number of hydrogen-bond acceptors (Lipinski definition) is 5. The summed E-state index contributed by atoms with van der Waals surface area (Å²) in [5.74, 6) is 0.252. The maximum atomic E-state index is 12.2. The van der Waals surface area contributed by atoms with Crippen LogP contribution in [0, 0.1) is 0 Å². The zero-order valence-electron chi connectivity index (χ0n) is 9.25. The largest absolute Gasteiger partial charge is 0.495 e. The van der Waals surface area contributed by atoms with Crippen LogP contribution in [0.3, 0.4) is 0 Å². The van der Waals surface area contributed by atoms with Crippen LogP contribution < -0.4 is 9.46 Å². The number of halogens is 1. The van der Waals surface area contributed by atoms with Crippen molar-refractivity contribution in [2.75, 3.05) is 11.8 Å². The molecule has 1 heterocycles. The van der Waals surface area contributed by atoms with Gasteiger partial charge in [0.1, 0.15) is 22.6 Å². The Balaban J connectivity index is 2.43. The smallest absolute Gasteiger partial charge is 0.265 e. The minimum Gasteiger partial charge on any atom is -0.495 e. The van der Waals surface area contributed by atoms with Gasteiger partial charge in [0.15, 0.2) is 0 Å². The number of rotatable bonds is 4. The lowest BCUT2D eigenvalue weighted by Gasteiger charge is -2.10. The third-order valence-corrected chi connectivity index (χ3v) is 4.00. The maximum Gasteiger partial charge on any atom is 0.265 e. The van der Waals surface area contributed by atoms with E-state index in [2.05, 4.69) is 30.3 Å². The Hall–Kier alpha value is -1.54. The van der Waals surface area contributed by atoms with Crippen molar-refractivity contribution in [2.45, 2.75) is 4.90 Å². The van der Waals surface area contributed by atoms with E-state index in [-0.39, 0.29) is 16.3 Å². The molecule has 0 fully saturated rings. The SMILES string of the molecule is COc1ccc(Br)cc1S(=O)(=O)Nc1cnoc1. The molecule has 6 nitrogen and oxygen atoms in total. The van der Waals surface area contributed by atoms with Gasteiger partial charge in [-0.25, -0.2) is 8.42 Å². The Morgan fingerprint density at radius 2 is 2.22 bits per heavy atom. The molecule has 1 N–H and O–H groups in total. The molecule has 8 heteroatoms. The Labute approximate surface area is 112 Å². The maximum absolute atomic E-state index is 12.2. The highest BCUT2D eigenvalue weighted by Crippen LogP contribution is 2.28. The minimum absolute atomic E-state index is 0.0283. The monoisotopic (exact) mass is 332 g/mol. The van der Waals surface area contributed by atoms with Crippen LogP contribution >= 0.6 is 15.9 Å². The van der Waals surface area contributed by atoms with E-state index in [4.69, 9.17) is 4.74 Å². The molecule has 0 aliphatic heterocycles. The number of nitrogens with zero attached hydrogens (tertiary/aromatic N) is 1. The van der Waals surface area contributed by atoms with Gasteiger partial charge in [0.25, 0.3) is 10.0 Å². The quantitative estimate of drug-likeness (QED) is 0.928. The Morgan fingerprint density at radius 3 is 2.83 bits per heavy atom. The first-order chi connectivity index (χ1) is 8.53. The predicted molar refractivity (Wildman–Crippen MR) is 68.0 cm³/mol. The molecule has 0 saturated carbocycles. The Kier molecular flexibility index (Phi) is 3.58. The highest BCUT2D eigenvalue weighted by atomic mass is 79.9. The highest BCUT2D eigenvalue weighted by Gasteiger charge is 2.20. The van der Waals surface area contributed by atoms with Crippen LogP contribution in [0.2, 0.25) is 0 Å². The predicted octanol–water partition coefficient (Wildman–Crippen LogP) is 2.25. The van der Waals surface area contributed by atoms with Crippen LogP contribution in [-0.2, 0) is 10.0 Å². The lowest BCUT2D eigenvalue weighted by Crippen LogP contribution is -2.13. The van der Waals surface area contributed by atoms with E-state index in [1.807, 2.05) is 0 Å². The Morgan fingerprint density at radius 1 is 1.44 bits per heavy atom. The first-order valence-corrected chi connectivity index (χ1v) is 7.06. The van der Waals surface area contributed by atoms with E-state index >= 15 is 0 Å². The summed E-state index contributed by atoms with van der Waals surface area (Å²) in [4.78, 5) is 0.0283. The molecule has 2 rings (SSSR count). The summed E-state index contributed by atoms with van der Waals surface area (Å²) >= 11 is 3.22. The fraction of sp³-hybridized carbons (Fsp3) is 0.100. The van der Waals surface area contributed by atoms with E-state index in [9.17, 15) is 8.42 Å². The van der Waals surface area contributed by atoms with Crippen molar-refractivity contribution in [2.24, 2.45) is 0 Å². The number of ether oxygens (including phenoxy) is 1. The van der Waals surface area contributed by atoms with Crippen molar-refractivity contribution >= 4 is 31.6 Å². The average molecular weight is 333 g/mol. The normalized spacial score (nSPS) is 11.2. The van der Waals surface area contributed by atoms with Crippen molar-refractivity contribution < 1.29 is 17.7 Å². The van der Waals surface area contributed by atoms with Crippen molar-refractivity contribution in [3.05, 3.63) is 35.1 Å². The second-order valence-electron chi connectivity index (χ2n) is 3.31. The van der Waals surface area contributed by atoms with E-state index in [1.54, 1.807) is 12.1 Å². The molecule has 18 heavy (non-hydrogen) atoms. The third-order valence-electron chi connectivity index (χ3n) is 2.10. The average Bonchev–Trinajstić information content (AvgIpc) is 2.81. The molecule has 0 bridgehead atoms. The fourth-order valence-electron chi connectivity index (χ4n) is 1.33. The number of aromatic nitrogens is 1. The van der Waals surface area contributed by atoms with Crippen LogP contribution in [0.5, 0.6) is 5.75 Å². The van der Waals surface area contributed by atoms with Gasteiger partial charge in [-0.3, -0.25) is 4.72 Å². The molecule has 0 atom stereocenters. The molecule has 0 saturated heterocycles. The van der Waals surface area contributed by atoms with Gasteiger partial charge in [0.2, 0.25) is 0 Å². The van der Waals surface area contributed by atoms with E-state index in [0.29, 0.717) is 4.47 Å². The summed E-state index contributed by atoms with van der Waals surface area (Å²) in [6, 6.07) is 4.71. The van der Waals surface area contributed by atoms with Crippen molar-refractivity contribution in [3.63, 3.8) is 0 Å². The first-order valence-electron chi connectivity index (χ1n) is 4.78. The molecule has 0 radical (unpaired) electrons. The van der Waals surface area contributed by atoms with Gasteiger partial charge in [0.05, 0.1) is 13.3 Å². The molecule has 2 aromatic rings. The molecule has 0 amide bonds. The standard InChI is InChI=1S/C10H9BrN2O4S/c1-16-9-3-2-7(11)4-10(9)18(14,15)13-8-5-12-17-6-8/h2-6,13H,1H3.